The van der Waals surface area contributed by atoms with Crippen molar-refractivity contribution in [1.82, 2.24) is 0 Å². The normalized spacial score (nSPS) is 6.00. The third kappa shape index (κ3) is 194. The molecule has 48 valence electrons. The predicted molar refractivity (Wildman–Crippen MR) is 29.9 cm³/mol. The summed E-state index contributed by atoms with van der Waals surface area (Å²) in [6.07, 6.45) is 0. The summed E-state index contributed by atoms with van der Waals surface area (Å²) in [7, 11) is 3.67. The first kappa shape index (κ1) is 10.8. The number of halogens is 1. The monoisotopic (exact) mass is 246 g/mol. The van der Waals surface area contributed by atoms with Crippen LogP contribution in [0.3, 0.4) is 0 Å². The van der Waals surface area contributed by atoms with Crippen molar-refractivity contribution >= 4 is 15.8 Å². The summed E-state index contributed by atoms with van der Waals surface area (Å²) in [6, 6.07) is 0. The van der Waals surface area contributed by atoms with E-state index in [4.69, 9.17) is 5.26 Å². The number of nitriles is 1. The molecule has 6 heteroatoms. The quantitative estimate of drug-likeness (QED) is 0.148. The molecular formula is C2H7IN4S. The van der Waals surface area contributed by atoms with Crippen molar-refractivity contribution in [1.29, 1.82) is 5.26 Å². The van der Waals surface area contributed by atoms with Gasteiger partial charge in [0.1, 0.15) is 0 Å². The maximum Gasteiger partial charge on any atom is 0.336 e. The van der Waals surface area contributed by atoms with Crippen molar-refractivity contribution < 1.29 is 25.2 Å². The van der Waals surface area contributed by atoms with Crippen molar-refractivity contribution in [2.24, 2.45) is 11.5 Å². The van der Waals surface area contributed by atoms with Gasteiger partial charge in [-0.25, -0.2) is 0 Å². The van der Waals surface area contributed by atoms with E-state index in [-0.39, 0.29) is 25.8 Å². The van der Waals surface area contributed by atoms with Crippen LogP contribution < -0.4 is 36.7 Å². The fraction of sp³-hybridized carbons (Fsp3) is 0. The van der Waals surface area contributed by atoms with Crippen LogP contribution in [0.1, 0.15) is 0 Å². The van der Waals surface area contributed by atoms with Crippen LogP contribution in [0.25, 0.3) is 0 Å². The molecule has 0 heterocycles. The number of rotatable bonds is 0. The van der Waals surface area contributed by atoms with E-state index in [0.717, 1.165) is 0 Å². The average molecular weight is 246 g/mol. The topological polar surface area (TPSA) is 101 Å². The molecule has 0 bridgehead atoms. The molecule has 0 aliphatic carbocycles. The second-order valence-corrected chi connectivity index (χ2v) is 2.77. The Hall–Kier alpha value is -0.160. The van der Waals surface area contributed by atoms with Crippen molar-refractivity contribution in [2.45, 2.75) is 0 Å². The molecule has 0 radical (unpaired) electrons. The minimum absolute atomic E-state index is 0.0833. The predicted octanol–water partition coefficient (Wildman–Crippen LogP) is -5.58. The molecule has 0 rings (SSSR count). The zero-order valence-corrected chi connectivity index (χ0v) is 7.06. The Labute approximate surface area is 61.9 Å². The number of thiol groups is 1. The fourth-order valence-electron chi connectivity index (χ4n) is 0. The number of nitrogens with two attached hydrogens (primary N) is 3. The van der Waals surface area contributed by atoms with Gasteiger partial charge in [-0.15, -0.1) is 0 Å². The maximum atomic E-state index is 7.60. The van der Waals surface area contributed by atoms with Crippen LogP contribution in [0.4, 0.5) is 0 Å². The fourth-order valence-corrected chi connectivity index (χ4v) is 0. The van der Waals surface area contributed by atoms with Gasteiger partial charge in [-0.1, -0.05) is 0 Å². The molecule has 0 aromatic heterocycles. The van der Waals surface area contributed by atoms with Crippen molar-refractivity contribution in [3.63, 3.8) is 0 Å². The number of hydrogen-bond donors (Lipinski definition) is 4. The number of hydrogen-bond acceptors (Lipinski definition) is 2. The van der Waals surface area contributed by atoms with E-state index in [1.54, 1.807) is 0 Å². The van der Waals surface area contributed by atoms with Crippen LogP contribution in [0.2, 0.25) is 0 Å². The zero-order valence-electron chi connectivity index (χ0n) is 4.00. The molecule has 0 aromatic rings. The van der Waals surface area contributed by atoms with Gasteiger partial charge in [0.15, 0.2) is 0 Å². The van der Waals surface area contributed by atoms with Crippen LogP contribution in [0, 0.1) is 9.34 Å². The second kappa shape index (κ2) is 9.96. The molecule has 0 amide bonds. The Morgan fingerprint density at radius 1 is 1.75 bits per heavy atom. The molecule has 0 aliphatic rings. The van der Waals surface area contributed by atoms with Gasteiger partial charge < -0.3 is 0 Å². The minimum Gasteiger partial charge on any atom is -0.291 e. The first-order valence-electron chi connectivity index (χ1n) is 1.45. The maximum absolute atomic E-state index is 7.60. The Morgan fingerprint density at radius 2 is 1.88 bits per heavy atom. The first-order valence-corrected chi connectivity index (χ1v) is 5.76. The summed E-state index contributed by atoms with van der Waals surface area (Å²) in [5, 5.41) is 12.2. The molecule has 0 fully saturated rings. The van der Waals surface area contributed by atoms with E-state index in [1.165, 1.54) is 0 Å². The summed E-state index contributed by atoms with van der Waals surface area (Å²) in [5.41, 5.74) is 9.17. The summed E-state index contributed by atoms with van der Waals surface area (Å²) in [5.74, 6) is -0.0833. The van der Waals surface area contributed by atoms with Gasteiger partial charge in [0, 0.05) is 0 Å². The van der Waals surface area contributed by atoms with Gasteiger partial charge in [0.2, 0.25) is 0 Å². The van der Waals surface area contributed by atoms with Crippen LogP contribution >= 0.6 is 9.80 Å². The van der Waals surface area contributed by atoms with Crippen LogP contribution in [-0.2, 0) is 0 Å². The molecule has 0 aliphatic heterocycles. The van der Waals surface area contributed by atoms with E-state index in [2.05, 4.69) is 26.7 Å². The minimum atomic E-state index is -0.389. The van der Waals surface area contributed by atoms with Gasteiger partial charge >= 0.3 is 44.9 Å². The molecule has 0 spiro atoms. The summed E-state index contributed by atoms with van der Waals surface area (Å²) in [6.45, 7) is 0. The number of guanidine groups is 1. The Bertz CT molecular complexity index is 92.7. The van der Waals surface area contributed by atoms with E-state index in [9.17, 15) is 0 Å². The smallest absolute Gasteiger partial charge is 0.291 e. The summed E-state index contributed by atoms with van der Waals surface area (Å²) < 4.78 is 1.90. The van der Waals surface area contributed by atoms with E-state index in [0.29, 0.717) is 0 Å². The van der Waals surface area contributed by atoms with Gasteiger partial charge in [0.05, 0.1) is 0 Å². The van der Waals surface area contributed by atoms with Gasteiger partial charge in [0.25, 0.3) is 0 Å². The molecule has 4 nitrogen and oxygen atoms in total. The molecule has 6 N–H and O–H groups in total. The van der Waals surface area contributed by atoms with E-state index < -0.39 is 0 Å². The largest absolute Gasteiger partial charge is 0.336 e. The second-order valence-electron chi connectivity index (χ2n) is 0.669. The van der Waals surface area contributed by atoms with Crippen LogP contribution in [0.5, 0.6) is 0 Å². The third-order valence-corrected chi connectivity index (χ3v) is 0.761. The Morgan fingerprint density at radius 3 is 1.88 bits per heavy atom. The zero-order chi connectivity index (χ0) is 6.99. The SMILES string of the molecule is N#C[I-]S.NC(N)=[NH2+]. The van der Waals surface area contributed by atoms with Crippen LogP contribution in [0.15, 0.2) is 0 Å². The van der Waals surface area contributed by atoms with E-state index in [1.807, 2.05) is 4.08 Å². The molecule has 0 aromatic carbocycles. The van der Waals surface area contributed by atoms with E-state index >= 15 is 0 Å². The van der Waals surface area contributed by atoms with Crippen molar-refractivity contribution in [3.05, 3.63) is 0 Å². The molecule has 0 saturated heterocycles. The molecule has 0 atom stereocenters. The molecular weight excluding hydrogens is 239 g/mol. The average Bonchev–Trinajstić information content (AvgIpc) is 1.65. The van der Waals surface area contributed by atoms with Crippen molar-refractivity contribution in [2.75, 3.05) is 0 Å². The van der Waals surface area contributed by atoms with Crippen LogP contribution in [-0.4, -0.2) is 5.96 Å². The molecule has 8 heavy (non-hydrogen) atoms. The Kier molecular flexibility index (Phi) is 13.4. The molecule has 0 unspecified atom stereocenters. The third-order valence-electron chi connectivity index (χ3n) is 0.0378. The van der Waals surface area contributed by atoms with Crippen molar-refractivity contribution in [3.8, 4) is 4.08 Å². The van der Waals surface area contributed by atoms with Gasteiger partial charge in [-0.05, 0) is 0 Å². The Balaban J connectivity index is 0. The standard InChI is InChI=1S/CHINS.CH5N3/c3-1-2-4;2-1(3)4/h4H;(H5,2,3,4)/q-1;/p+1. The molecule has 0 saturated carbocycles. The van der Waals surface area contributed by atoms with Gasteiger partial charge in [-0.2, -0.15) is 0 Å². The summed E-state index contributed by atoms with van der Waals surface area (Å²) >= 11 is -0.389. The summed E-state index contributed by atoms with van der Waals surface area (Å²) in [4.78, 5) is 0. The number of nitrogens with zero attached hydrogens (tertiary/aromatic N) is 1. The first-order chi connectivity index (χ1) is 3.65. The van der Waals surface area contributed by atoms with Gasteiger partial charge in [-0.3, -0.25) is 16.9 Å².